The molecule has 0 atom stereocenters. The SMILES string of the molecule is Cc1nnc(NC(=O)c2ccc(C(F)(F)F)cc2Cl)o1. The van der Waals surface area contributed by atoms with Gasteiger partial charge in [-0.1, -0.05) is 16.7 Å². The van der Waals surface area contributed by atoms with E-state index in [1.54, 1.807) is 0 Å². The zero-order chi connectivity index (χ0) is 14.9. The van der Waals surface area contributed by atoms with E-state index in [0.717, 1.165) is 12.1 Å². The van der Waals surface area contributed by atoms with Gasteiger partial charge in [-0.3, -0.25) is 10.1 Å². The van der Waals surface area contributed by atoms with Crippen molar-refractivity contribution in [1.82, 2.24) is 10.2 Å². The van der Waals surface area contributed by atoms with E-state index in [2.05, 4.69) is 15.5 Å². The third kappa shape index (κ3) is 3.08. The Bertz CT molecular complexity index is 655. The molecule has 0 spiro atoms. The van der Waals surface area contributed by atoms with Crippen molar-refractivity contribution in [3.8, 4) is 0 Å². The Kier molecular flexibility index (Phi) is 3.67. The topological polar surface area (TPSA) is 68.0 Å². The lowest BCUT2D eigenvalue weighted by atomic mass is 10.1. The summed E-state index contributed by atoms with van der Waals surface area (Å²) in [6, 6.07) is 2.25. The van der Waals surface area contributed by atoms with Gasteiger partial charge in [0.1, 0.15) is 0 Å². The number of alkyl halides is 3. The Morgan fingerprint density at radius 1 is 1.35 bits per heavy atom. The number of benzene rings is 1. The van der Waals surface area contributed by atoms with E-state index < -0.39 is 17.6 Å². The van der Waals surface area contributed by atoms with E-state index in [-0.39, 0.29) is 22.5 Å². The molecule has 1 heterocycles. The lowest BCUT2D eigenvalue weighted by molar-refractivity contribution is -0.137. The summed E-state index contributed by atoms with van der Waals surface area (Å²) in [7, 11) is 0. The van der Waals surface area contributed by atoms with Gasteiger partial charge in [0.15, 0.2) is 0 Å². The quantitative estimate of drug-likeness (QED) is 0.924. The largest absolute Gasteiger partial charge is 0.416 e. The van der Waals surface area contributed by atoms with Crippen LogP contribution in [-0.2, 0) is 6.18 Å². The molecule has 0 saturated heterocycles. The van der Waals surface area contributed by atoms with Gasteiger partial charge in [0.2, 0.25) is 5.89 Å². The molecule has 0 aliphatic carbocycles. The maximum absolute atomic E-state index is 12.5. The maximum atomic E-state index is 12.5. The second kappa shape index (κ2) is 5.12. The molecule has 0 bridgehead atoms. The predicted octanol–water partition coefficient (Wildman–Crippen LogP) is 3.30. The van der Waals surface area contributed by atoms with Gasteiger partial charge in [0.25, 0.3) is 5.91 Å². The molecule has 0 saturated carbocycles. The molecular weight excluding hydrogens is 299 g/mol. The van der Waals surface area contributed by atoms with Gasteiger partial charge in [-0.2, -0.15) is 13.2 Å². The third-order valence-corrected chi connectivity index (χ3v) is 2.60. The number of carbonyl (C=O) groups is 1. The van der Waals surface area contributed by atoms with Gasteiger partial charge in [-0.25, -0.2) is 0 Å². The van der Waals surface area contributed by atoms with Crippen LogP contribution in [0.5, 0.6) is 0 Å². The fraction of sp³-hybridized carbons (Fsp3) is 0.182. The highest BCUT2D eigenvalue weighted by Gasteiger charge is 2.31. The highest BCUT2D eigenvalue weighted by atomic mass is 35.5. The molecule has 20 heavy (non-hydrogen) atoms. The predicted molar refractivity (Wildman–Crippen MR) is 63.4 cm³/mol. The van der Waals surface area contributed by atoms with Crippen LogP contribution in [0.3, 0.4) is 0 Å². The molecule has 1 N–H and O–H groups in total. The lowest BCUT2D eigenvalue weighted by Gasteiger charge is -2.09. The van der Waals surface area contributed by atoms with Crippen molar-refractivity contribution in [3.63, 3.8) is 0 Å². The van der Waals surface area contributed by atoms with Crippen molar-refractivity contribution in [3.05, 3.63) is 40.2 Å². The second-order valence-electron chi connectivity index (χ2n) is 3.77. The lowest BCUT2D eigenvalue weighted by Crippen LogP contribution is -2.14. The summed E-state index contributed by atoms with van der Waals surface area (Å²) in [6.45, 7) is 1.52. The minimum Gasteiger partial charge on any atom is -0.408 e. The molecule has 1 aromatic heterocycles. The number of halogens is 4. The number of aryl methyl sites for hydroxylation is 1. The number of nitrogens with one attached hydrogen (secondary N) is 1. The molecule has 0 fully saturated rings. The van der Waals surface area contributed by atoms with E-state index in [4.69, 9.17) is 16.0 Å². The van der Waals surface area contributed by atoms with Crippen LogP contribution >= 0.6 is 11.6 Å². The van der Waals surface area contributed by atoms with Gasteiger partial charge in [0.05, 0.1) is 16.1 Å². The summed E-state index contributed by atoms with van der Waals surface area (Å²) in [4.78, 5) is 11.8. The Balaban J connectivity index is 2.22. The van der Waals surface area contributed by atoms with E-state index in [0.29, 0.717) is 6.07 Å². The van der Waals surface area contributed by atoms with Crippen LogP contribution in [-0.4, -0.2) is 16.1 Å². The molecule has 106 valence electrons. The molecule has 0 aliphatic heterocycles. The first-order valence-corrected chi connectivity index (χ1v) is 5.63. The van der Waals surface area contributed by atoms with E-state index in [1.165, 1.54) is 6.92 Å². The highest BCUT2D eigenvalue weighted by molar-refractivity contribution is 6.34. The van der Waals surface area contributed by atoms with Gasteiger partial charge in [0, 0.05) is 6.92 Å². The van der Waals surface area contributed by atoms with Crippen molar-refractivity contribution in [2.45, 2.75) is 13.1 Å². The van der Waals surface area contributed by atoms with Crippen molar-refractivity contribution < 1.29 is 22.4 Å². The summed E-state index contributed by atoms with van der Waals surface area (Å²) in [6.07, 6.45) is -4.53. The molecule has 2 rings (SSSR count). The third-order valence-electron chi connectivity index (χ3n) is 2.29. The number of carbonyl (C=O) groups excluding carboxylic acids is 1. The minimum absolute atomic E-state index is 0.129. The fourth-order valence-corrected chi connectivity index (χ4v) is 1.65. The van der Waals surface area contributed by atoms with Crippen LogP contribution in [0.1, 0.15) is 21.8 Å². The summed E-state index contributed by atoms with van der Waals surface area (Å²) >= 11 is 5.67. The second-order valence-corrected chi connectivity index (χ2v) is 4.18. The summed E-state index contributed by atoms with van der Waals surface area (Å²) in [5.41, 5.74) is -1.07. The van der Waals surface area contributed by atoms with Crippen molar-refractivity contribution in [1.29, 1.82) is 0 Å². The van der Waals surface area contributed by atoms with Crippen molar-refractivity contribution in [2.24, 2.45) is 0 Å². The van der Waals surface area contributed by atoms with Crippen LogP contribution in [0.2, 0.25) is 5.02 Å². The van der Waals surface area contributed by atoms with Gasteiger partial charge < -0.3 is 4.42 Å². The van der Waals surface area contributed by atoms with E-state index in [9.17, 15) is 18.0 Å². The van der Waals surface area contributed by atoms with Gasteiger partial charge >= 0.3 is 12.2 Å². The maximum Gasteiger partial charge on any atom is 0.416 e. The Labute approximate surface area is 115 Å². The number of hydrogen-bond acceptors (Lipinski definition) is 4. The van der Waals surface area contributed by atoms with E-state index in [1.807, 2.05) is 0 Å². The van der Waals surface area contributed by atoms with Crippen LogP contribution < -0.4 is 5.32 Å². The number of nitrogens with zero attached hydrogens (tertiary/aromatic N) is 2. The van der Waals surface area contributed by atoms with Crippen LogP contribution in [0.15, 0.2) is 22.6 Å². The Morgan fingerprint density at radius 2 is 2.05 bits per heavy atom. The number of aromatic nitrogens is 2. The molecule has 2 aromatic rings. The molecule has 0 unspecified atom stereocenters. The first-order valence-electron chi connectivity index (χ1n) is 5.25. The molecule has 1 aromatic carbocycles. The van der Waals surface area contributed by atoms with Crippen molar-refractivity contribution >= 4 is 23.5 Å². The molecule has 1 amide bonds. The average molecular weight is 306 g/mol. The minimum atomic E-state index is -4.53. The molecule has 5 nitrogen and oxygen atoms in total. The zero-order valence-electron chi connectivity index (χ0n) is 9.95. The number of rotatable bonds is 2. The Hall–Kier alpha value is -2.09. The smallest absolute Gasteiger partial charge is 0.408 e. The number of anilines is 1. The van der Waals surface area contributed by atoms with Crippen LogP contribution in [0, 0.1) is 6.92 Å². The molecule has 0 radical (unpaired) electrons. The normalized spacial score (nSPS) is 11.4. The van der Waals surface area contributed by atoms with Gasteiger partial charge in [-0.05, 0) is 18.2 Å². The molecule has 0 aliphatic rings. The summed E-state index contributed by atoms with van der Waals surface area (Å²) in [5, 5.41) is 8.92. The zero-order valence-corrected chi connectivity index (χ0v) is 10.7. The Morgan fingerprint density at radius 3 is 2.55 bits per heavy atom. The van der Waals surface area contributed by atoms with E-state index >= 15 is 0 Å². The standard InChI is InChI=1S/C11H7ClF3N3O2/c1-5-17-18-10(20-5)16-9(19)7-3-2-6(4-8(7)12)11(13,14)15/h2-4H,1H3,(H,16,18,19). The van der Waals surface area contributed by atoms with Crippen molar-refractivity contribution in [2.75, 3.05) is 5.32 Å². The van der Waals surface area contributed by atoms with Gasteiger partial charge in [-0.15, -0.1) is 5.10 Å². The summed E-state index contributed by atoms with van der Waals surface area (Å²) < 4.78 is 42.3. The molecular formula is C11H7ClF3N3O2. The number of hydrogen-bond donors (Lipinski definition) is 1. The highest BCUT2D eigenvalue weighted by Crippen LogP contribution is 2.32. The monoisotopic (exact) mass is 305 g/mol. The first kappa shape index (κ1) is 14.3. The average Bonchev–Trinajstić information content (AvgIpc) is 2.73. The first-order chi connectivity index (χ1) is 9.27. The fourth-order valence-electron chi connectivity index (χ4n) is 1.39. The molecule has 9 heteroatoms. The van der Waals surface area contributed by atoms with Crippen LogP contribution in [0.25, 0.3) is 0 Å². The van der Waals surface area contributed by atoms with Crippen LogP contribution in [0.4, 0.5) is 19.2 Å². The summed E-state index contributed by atoms with van der Waals surface area (Å²) in [5.74, 6) is -0.508. The number of amides is 1.